The molecule has 4 unspecified atom stereocenters. The molecule has 0 bridgehead atoms. The molecule has 2 fully saturated rings. The Labute approximate surface area is 105 Å². The standard InChI is InChI=1S/C14H21O2P/c1-9-12-13(16-14(3,4)15-12)10(2)17(9)11-7-5-6-8-11/h5,7-10,12-13H,6H2,1-4H3. The van der Waals surface area contributed by atoms with Gasteiger partial charge in [-0.25, -0.2) is 0 Å². The molecule has 3 aliphatic rings. The number of hydrogen-bond acceptors (Lipinski definition) is 2. The van der Waals surface area contributed by atoms with E-state index in [2.05, 4.69) is 32.1 Å². The molecule has 0 aromatic carbocycles. The second kappa shape index (κ2) is 3.91. The molecular formula is C14H21O2P. The maximum absolute atomic E-state index is 6.09. The molecule has 2 saturated heterocycles. The Balaban J connectivity index is 1.86. The van der Waals surface area contributed by atoms with Crippen molar-refractivity contribution in [3.63, 3.8) is 0 Å². The molecule has 0 radical (unpaired) electrons. The van der Waals surface area contributed by atoms with Crippen LogP contribution in [0.15, 0.2) is 23.5 Å². The zero-order valence-corrected chi connectivity index (χ0v) is 11.9. The molecule has 0 N–H and O–H groups in total. The first-order valence-electron chi connectivity index (χ1n) is 6.50. The first-order valence-corrected chi connectivity index (χ1v) is 7.98. The maximum Gasteiger partial charge on any atom is 0.163 e. The van der Waals surface area contributed by atoms with Crippen LogP contribution in [0.3, 0.4) is 0 Å². The fourth-order valence-corrected chi connectivity index (χ4v) is 6.73. The van der Waals surface area contributed by atoms with E-state index in [1.54, 1.807) is 5.31 Å². The topological polar surface area (TPSA) is 18.5 Å². The lowest BCUT2D eigenvalue weighted by Gasteiger charge is -2.28. The van der Waals surface area contributed by atoms with Crippen molar-refractivity contribution in [2.24, 2.45) is 0 Å². The van der Waals surface area contributed by atoms with Gasteiger partial charge in [0.05, 0.1) is 12.2 Å². The Bertz CT molecular complexity index is 366. The van der Waals surface area contributed by atoms with E-state index < -0.39 is 0 Å². The third-order valence-corrected chi connectivity index (χ3v) is 7.31. The summed E-state index contributed by atoms with van der Waals surface area (Å²) in [6.07, 6.45) is 8.64. The van der Waals surface area contributed by atoms with Crippen LogP contribution in [0.2, 0.25) is 0 Å². The summed E-state index contributed by atoms with van der Waals surface area (Å²) in [4.78, 5) is 0. The van der Waals surface area contributed by atoms with Gasteiger partial charge in [0.15, 0.2) is 5.79 Å². The molecule has 2 nitrogen and oxygen atoms in total. The van der Waals surface area contributed by atoms with Crippen molar-refractivity contribution in [2.45, 2.75) is 63.4 Å². The Morgan fingerprint density at radius 3 is 2.24 bits per heavy atom. The third kappa shape index (κ3) is 1.82. The third-order valence-electron chi connectivity index (χ3n) is 4.04. The van der Waals surface area contributed by atoms with E-state index in [1.807, 2.05) is 13.8 Å². The minimum atomic E-state index is -0.390. The monoisotopic (exact) mass is 252 g/mol. The molecule has 2 heterocycles. The molecule has 94 valence electrons. The predicted octanol–water partition coefficient (Wildman–Crippen LogP) is 3.62. The van der Waals surface area contributed by atoms with Crippen LogP contribution in [-0.4, -0.2) is 29.3 Å². The molecule has 2 aliphatic heterocycles. The van der Waals surface area contributed by atoms with E-state index in [0.717, 1.165) is 6.42 Å². The SMILES string of the molecule is CC1C2OC(C)(C)OC2C(C)P1C1=CCC=C1. The number of rotatable bonds is 1. The number of allylic oxidation sites excluding steroid dienone is 4. The molecule has 0 saturated carbocycles. The van der Waals surface area contributed by atoms with Crippen LogP contribution in [-0.2, 0) is 9.47 Å². The van der Waals surface area contributed by atoms with Crippen molar-refractivity contribution in [3.05, 3.63) is 23.5 Å². The van der Waals surface area contributed by atoms with Gasteiger partial charge >= 0.3 is 0 Å². The van der Waals surface area contributed by atoms with Crippen LogP contribution >= 0.6 is 7.92 Å². The average molecular weight is 252 g/mol. The lowest BCUT2D eigenvalue weighted by molar-refractivity contribution is -0.147. The molecule has 3 heteroatoms. The van der Waals surface area contributed by atoms with E-state index in [-0.39, 0.29) is 13.7 Å². The highest BCUT2D eigenvalue weighted by Crippen LogP contribution is 2.65. The first kappa shape index (κ1) is 11.9. The molecule has 0 aromatic heterocycles. The van der Waals surface area contributed by atoms with Crippen LogP contribution in [0, 0.1) is 0 Å². The van der Waals surface area contributed by atoms with Crippen LogP contribution in [0.5, 0.6) is 0 Å². The van der Waals surface area contributed by atoms with Gasteiger partial charge in [-0.3, -0.25) is 0 Å². The fraction of sp³-hybridized carbons (Fsp3) is 0.714. The molecule has 0 aromatic rings. The summed E-state index contributed by atoms with van der Waals surface area (Å²) < 4.78 is 12.2. The maximum atomic E-state index is 6.09. The van der Waals surface area contributed by atoms with E-state index in [0.29, 0.717) is 23.5 Å². The minimum Gasteiger partial charge on any atom is -0.344 e. The van der Waals surface area contributed by atoms with E-state index >= 15 is 0 Å². The van der Waals surface area contributed by atoms with Crippen molar-refractivity contribution >= 4 is 7.92 Å². The van der Waals surface area contributed by atoms with Gasteiger partial charge < -0.3 is 9.47 Å². The highest BCUT2D eigenvalue weighted by Gasteiger charge is 2.55. The first-order chi connectivity index (χ1) is 7.99. The molecule has 3 rings (SSSR count). The lowest BCUT2D eigenvalue weighted by atomic mass is 10.1. The van der Waals surface area contributed by atoms with Gasteiger partial charge in [-0.05, 0) is 25.6 Å². The van der Waals surface area contributed by atoms with Gasteiger partial charge in [-0.2, -0.15) is 0 Å². The second-order valence-corrected chi connectivity index (χ2v) is 8.68. The summed E-state index contributed by atoms with van der Waals surface area (Å²) >= 11 is 0. The zero-order valence-electron chi connectivity index (χ0n) is 11.0. The number of hydrogen-bond donors (Lipinski definition) is 0. The van der Waals surface area contributed by atoms with Gasteiger partial charge in [0, 0.05) is 11.3 Å². The summed E-state index contributed by atoms with van der Waals surface area (Å²) in [6, 6.07) is 0. The molecule has 0 amide bonds. The molecular weight excluding hydrogens is 231 g/mol. The Hall–Kier alpha value is -0.170. The molecule has 4 atom stereocenters. The molecule has 1 aliphatic carbocycles. The summed E-state index contributed by atoms with van der Waals surface area (Å²) in [5, 5.41) is 1.56. The van der Waals surface area contributed by atoms with Gasteiger partial charge in [-0.15, -0.1) is 0 Å². The second-order valence-electron chi connectivity index (χ2n) is 5.72. The highest BCUT2D eigenvalue weighted by atomic mass is 31.1. The summed E-state index contributed by atoms with van der Waals surface area (Å²) in [7, 11) is -0.119. The van der Waals surface area contributed by atoms with Crippen molar-refractivity contribution in [1.82, 2.24) is 0 Å². The lowest BCUT2D eigenvalue weighted by Crippen LogP contribution is -2.27. The van der Waals surface area contributed by atoms with E-state index in [4.69, 9.17) is 9.47 Å². The smallest absolute Gasteiger partial charge is 0.163 e. The number of ether oxygens (including phenoxy) is 2. The van der Waals surface area contributed by atoms with Crippen LogP contribution in [0.4, 0.5) is 0 Å². The van der Waals surface area contributed by atoms with Gasteiger partial charge in [0.1, 0.15) is 0 Å². The van der Waals surface area contributed by atoms with Crippen molar-refractivity contribution < 1.29 is 9.47 Å². The molecule has 0 spiro atoms. The van der Waals surface area contributed by atoms with Crippen molar-refractivity contribution in [2.75, 3.05) is 0 Å². The van der Waals surface area contributed by atoms with Gasteiger partial charge in [0.25, 0.3) is 0 Å². The predicted molar refractivity (Wildman–Crippen MR) is 71.5 cm³/mol. The highest BCUT2D eigenvalue weighted by molar-refractivity contribution is 7.64. The van der Waals surface area contributed by atoms with Crippen molar-refractivity contribution in [1.29, 1.82) is 0 Å². The Kier molecular flexibility index (Phi) is 2.74. The van der Waals surface area contributed by atoms with Crippen LogP contribution in [0.25, 0.3) is 0 Å². The summed E-state index contributed by atoms with van der Waals surface area (Å²) in [6.45, 7) is 8.73. The molecule has 17 heavy (non-hydrogen) atoms. The van der Waals surface area contributed by atoms with Crippen LogP contribution in [0.1, 0.15) is 34.1 Å². The summed E-state index contributed by atoms with van der Waals surface area (Å²) in [5.74, 6) is -0.390. The minimum absolute atomic E-state index is 0.119. The van der Waals surface area contributed by atoms with E-state index in [9.17, 15) is 0 Å². The quantitative estimate of drug-likeness (QED) is 0.663. The average Bonchev–Trinajstić information content (AvgIpc) is 2.88. The van der Waals surface area contributed by atoms with E-state index in [1.165, 1.54) is 0 Å². The fourth-order valence-electron chi connectivity index (χ4n) is 3.36. The normalized spacial score (nSPS) is 47.3. The number of fused-ring (bicyclic) bond motifs is 1. The zero-order chi connectivity index (χ0) is 12.2. The Morgan fingerprint density at radius 1 is 1.18 bits per heavy atom. The van der Waals surface area contributed by atoms with Crippen LogP contribution < -0.4 is 0 Å². The van der Waals surface area contributed by atoms with Gasteiger partial charge in [-0.1, -0.05) is 40.0 Å². The summed E-state index contributed by atoms with van der Waals surface area (Å²) in [5.41, 5.74) is 1.22. The largest absolute Gasteiger partial charge is 0.344 e. The van der Waals surface area contributed by atoms with Crippen molar-refractivity contribution in [3.8, 4) is 0 Å². The Morgan fingerprint density at radius 2 is 1.76 bits per heavy atom. The van der Waals surface area contributed by atoms with Gasteiger partial charge in [0.2, 0.25) is 0 Å².